The molecule has 1 saturated heterocycles. The maximum absolute atomic E-state index is 12.4. The fraction of sp³-hybridized carbons (Fsp3) is 0.391. The van der Waals surface area contributed by atoms with Gasteiger partial charge < -0.3 is 15.0 Å². The smallest absolute Gasteiger partial charge is 0.224 e. The molecule has 5 nitrogen and oxygen atoms in total. The highest BCUT2D eigenvalue weighted by Crippen LogP contribution is 2.28. The van der Waals surface area contributed by atoms with Gasteiger partial charge in [-0.3, -0.25) is 9.59 Å². The summed E-state index contributed by atoms with van der Waals surface area (Å²) in [5.41, 5.74) is 2.49. The number of benzene rings is 2. The Morgan fingerprint density at radius 3 is 2.39 bits per heavy atom. The number of amides is 1. The molecule has 0 radical (unpaired) electrons. The topological polar surface area (TPSA) is 58.6 Å². The van der Waals surface area contributed by atoms with Crippen LogP contribution in [0.25, 0.3) is 0 Å². The number of anilines is 2. The lowest BCUT2D eigenvalue weighted by molar-refractivity contribution is -0.116. The van der Waals surface area contributed by atoms with E-state index in [0.717, 1.165) is 30.2 Å². The minimum absolute atomic E-state index is 0.0393. The minimum Gasteiger partial charge on any atom is -0.494 e. The first kappa shape index (κ1) is 19.9. The number of hydrogen-bond acceptors (Lipinski definition) is 4. The molecule has 0 atom stereocenters. The summed E-state index contributed by atoms with van der Waals surface area (Å²) in [6, 6.07) is 15.0. The minimum atomic E-state index is -0.135. The van der Waals surface area contributed by atoms with Crippen molar-refractivity contribution in [2.24, 2.45) is 0 Å². The van der Waals surface area contributed by atoms with Crippen molar-refractivity contribution in [1.82, 2.24) is 0 Å². The van der Waals surface area contributed by atoms with E-state index in [2.05, 4.69) is 10.2 Å². The zero-order valence-corrected chi connectivity index (χ0v) is 16.4. The van der Waals surface area contributed by atoms with Crippen molar-refractivity contribution >= 4 is 23.1 Å². The van der Waals surface area contributed by atoms with Crippen LogP contribution in [-0.2, 0) is 4.79 Å². The van der Waals surface area contributed by atoms with Gasteiger partial charge in [0.1, 0.15) is 5.75 Å². The Morgan fingerprint density at radius 1 is 0.964 bits per heavy atom. The fourth-order valence-electron chi connectivity index (χ4n) is 3.48. The number of piperidine rings is 1. The molecule has 1 heterocycles. The molecule has 1 aliphatic heterocycles. The summed E-state index contributed by atoms with van der Waals surface area (Å²) in [7, 11) is 0. The van der Waals surface area contributed by atoms with Crippen molar-refractivity contribution in [2.45, 2.75) is 39.0 Å². The summed E-state index contributed by atoms with van der Waals surface area (Å²) >= 11 is 0. The first-order valence-corrected chi connectivity index (χ1v) is 10.1. The average Bonchev–Trinajstić information content (AvgIpc) is 2.74. The lowest BCUT2D eigenvalue weighted by atomic mass is 10.1. The molecule has 0 aromatic heterocycles. The van der Waals surface area contributed by atoms with E-state index in [1.807, 2.05) is 31.2 Å². The van der Waals surface area contributed by atoms with Crippen molar-refractivity contribution < 1.29 is 14.3 Å². The van der Waals surface area contributed by atoms with E-state index >= 15 is 0 Å². The fourth-order valence-corrected chi connectivity index (χ4v) is 3.48. The SMILES string of the molecule is CCOc1ccc(C(=O)CCC(=O)Nc2ccccc2N2CCCCC2)cc1. The Hall–Kier alpha value is -2.82. The van der Waals surface area contributed by atoms with Gasteiger partial charge in [-0.1, -0.05) is 12.1 Å². The number of ether oxygens (including phenoxy) is 1. The van der Waals surface area contributed by atoms with Crippen LogP contribution >= 0.6 is 0 Å². The molecule has 0 bridgehead atoms. The summed E-state index contributed by atoms with van der Waals surface area (Å²) in [6.07, 6.45) is 3.97. The second kappa shape index (κ2) is 9.93. The number of nitrogens with one attached hydrogen (secondary N) is 1. The summed E-state index contributed by atoms with van der Waals surface area (Å²) in [4.78, 5) is 27.1. The number of carbonyl (C=O) groups excluding carboxylic acids is 2. The molecule has 0 saturated carbocycles. The normalized spacial score (nSPS) is 13.8. The second-order valence-electron chi connectivity index (χ2n) is 6.99. The van der Waals surface area contributed by atoms with Gasteiger partial charge in [-0.05, 0) is 62.6 Å². The van der Waals surface area contributed by atoms with Crippen LogP contribution in [0.3, 0.4) is 0 Å². The Kier molecular flexibility index (Phi) is 7.06. The Bertz CT molecular complexity index is 796. The van der Waals surface area contributed by atoms with Gasteiger partial charge in [-0.15, -0.1) is 0 Å². The zero-order valence-electron chi connectivity index (χ0n) is 16.4. The third kappa shape index (κ3) is 5.35. The van der Waals surface area contributed by atoms with Crippen molar-refractivity contribution in [1.29, 1.82) is 0 Å². The van der Waals surface area contributed by atoms with E-state index in [-0.39, 0.29) is 24.5 Å². The van der Waals surface area contributed by atoms with Crippen molar-refractivity contribution in [3.63, 3.8) is 0 Å². The van der Waals surface area contributed by atoms with Gasteiger partial charge in [-0.25, -0.2) is 0 Å². The quantitative estimate of drug-likeness (QED) is 0.676. The van der Waals surface area contributed by atoms with Gasteiger partial charge >= 0.3 is 0 Å². The van der Waals surface area contributed by atoms with Gasteiger partial charge in [0, 0.05) is 31.5 Å². The molecule has 1 fully saturated rings. The van der Waals surface area contributed by atoms with Gasteiger partial charge in [0.2, 0.25) is 5.91 Å². The van der Waals surface area contributed by atoms with Crippen LogP contribution in [0, 0.1) is 0 Å². The molecule has 0 unspecified atom stereocenters. The van der Waals surface area contributed by atoms with Crippen LogP contribution in [0.5, 0.6) is 5.75 Å². The number of hydrogen-bond donors (Lipinski definition) is 1. The third-order valence-electron chi connectivity index (χ3n) is 4.94. The van der Waals surface area contributed by atoms with E-state index in [1.165, 1.54) is 19.3 Å². The summed E-state index contributed by atoms with van der Waals surface area (Å²) in [6.45, 7) is 4.54. The first-order chi connectivity index (χ1) is 13.7. The molecule has 2 aromatic rings. The van der Waals surface area contributed by atoms with Crippen LogP contribution < -0.4 is 15.0 Å². The first-order valence-electron chi connectivity index (χ1n) is 10.1. The van der Waals surface area contributed by atoms with Crippen LogP contribution in [0.1, 0.15) is 49.4 Å². The van der Waals surface area contributed by atoms with E-state index in [0.29, 0.717) is 12.2 Å². The predicted molar refractivity (Wildman–Crippen MR) is 112 cm³/mol. The van der Waals surface area contributed by atoms with Crippen molar-refractivity contribution in [2.75, 3.05) is 29.9 Å². The molecule has 1 amide bonds. The maximum atomic E-state index is 12.4. The highest BCUT2D eigenvalue weighted by molar-refractivity contribution is 6.01. The van der Waals surface area contributed by atoms with Crippen LogP contribution in [-0.4, -0.2) is 31.4 Å². The van der Waals surface area contributed by atoms with E-state index < -0.39 is 0 Å². The number of Topliss-reactive ketones (excluding diaryl/α,β-unsaturated/α-hetero) is 1. The molecular weight excluding hydrogens is 352 g/mol. The van der Waals surface area contributed by atoms with Gasteiger partial charge in [0.15, 0.2) is 5.78 Å². The second-order valence-corrected chi connectivity index (χ2v) is 6.99. The van der Waals surface area contributed by atoms with Gasteiger partial charge in [0.05, 0.1) is 18.0 Å². The van der Waals surface area contributed by atoms with Crippen LogP contribution in [0.2, 0.25) is 0 Å². The van der Waals surface area contributed by atoms with Crippen molar-refractivity contribution in [3.05, 3.63) is 54.1 Å². The van der Waals surface area contributed by atoms with E-state index in [1.54, 1.807) is 24.3 Å². The average molecular weight is 380 g/mol. The summed E-state index contributed by atoms with van der Waals surface area (Å²) in [5.74, 6) is 0.567. The Balaban J connectivity index is 1.55. The monoisotopic (exact) mass is 380 g/mol. The third-order valence-corrected chi connectivity index (χ3v) is 4.94. The maximum Gasteiger partial charge on any atom is 0.224 e. The standard InChI is InChI=1S/C23H28N2O3/c1-2-28-19-12-10-18(11-13-19)22(26)14-15-23(27)24-20-8-4-5-9-21(20)25-16-6-3-7-17-25/h4-5,8-13H,2-3,6-7,14-17H2,1H3,(H,24,27). The molecule has 1 aliphatic rings. The lowest BCUT2D eigenvalue weighted by Gasteiger charge is -2.30. The Morgan fingerprint density at radius 2 is 1.68 bits per heavy atom. The largest absolute Gasteiger partial charge is 0.494 e. The highest BCUT2D eigenvalue weighted by Gasteiger charge is 2.16. The van der Waals surface area contributed by atoms with Crippen LogP contribution in [0.4, 0.5) is 11.4 Å². The number of carbonyl (C=O) groups is 2. The molecule has 3 rings (SSSR count). The van der Waals surface area contributed by atoms with Gasteiger partial charge in [0.25, 0.3) is 0 Å². The molecule has 0 aliphatic carbocycles. The van der Waals surface area contributed by atoms with Gasteiger partial charge in [-0.2, -0.15) is 0 Å². The summed E-state index contributed by atoms with van der Waals surface area (Å²) in [5, 5.41) is 2.99. The number of ketones is 1. The molecule has 28 heavy (non-hydrogen) atoms. The molecule has 5 heteroatoms. The van der Waals surface area contributed by atoms with E-state index in [9.17, 15) is 9.59 Å². The van der Waals surface area contributed by atoms with Crippen molar-refractivity contribution in [3.8, 4) is 5.75 Å². The summed E-state index contributed by atoms with van der Waals surface area (Å²) < 4.78 is 5.39. The number of para-hydroxylation sites is 2. The molecule has 2 aromatic carbocycles. The predicted octanol–water partition coefficient (Wildman–Crippen LogP) is 4.68. The lowest BCUT2D eigenvalue weighted by Crippen LogP contribution is -2.30. The number of nitrogens with zero attached hydrogens (tertiary/aromatic N) is 1. The van der Waals surface area contributed by atoms with Crippen LogP contribution in [0.15, 0.2) is 48.5 Å². The molecule has 0 spiro atoms. The zero-order chi connectivity index (χ0) is 19.8. The number of rotatable bonds is 8. The molecule has 1 N–H and O–H groups in total. The molecular formula is C23H28N2O3. The Labute approximate surface area is 166 Å². The van der Waals surface area contributed by atoms with E-state index in [4.69, 9.17) is 4.74 Å². The highest BCUT2D eigenvalue weighted by atomic mass is 16.5. The molecule has 148 valence electrons.